The smallest absolute Gasteiger partial charge is 0.208 e. The van der Waals surface area contributed by atoms with E-state index in [4.69, 9.17) is 20.8 Å². The van der Waals surface area contributed by atoms with Crippen molar-refractivity contribution in [1.29, 1.82) is 0 Å². The lowest BCUT2D eigenvalue weighted by Gasteiger charge is -2.13. The van der Waals surface area contributed by atoms with Gasteiger partial charge in [-0.25, -0.2) is 4.98 Å². The SMILES string of the molecule is Cc1cnc(CNCC(O)COc2ccccc2Cl)o1. The van der Waals surface area contributed by atoms with Crippen LogP contribution in [0.5, 0.6) is 5.75 Å². The van der Waals surface area contributed by atoms with Gasteiger partial charge in [0.25, 0.3) is 0 Å². The molecule has 0 aliphatic carbocycles. The second kappa shape index (κ2) is 7.28. The third kappa shape index (κ3) is 4.52. The van der Waals surface area contributed by atoms with Crippen molar-refractivity contribution in [1.82, 2.24) is 10.3 Å². The Bertz CT molecular complexity index is 545. The summed E-state index contributed by atoms with van der Waals surface area (Å²) in [7, 11) is 0. The maximum Gasteiger partial charge on any atom is 0.208 e. The summed E-state index contributed by atoms with van der Waals surface area (Å²) in [6.07, 6.45) is 1.02. The maximum atomic E-state index is 9.80. The third-order valence-corrected chi connectivity index (χ3v) is 2.91. The monoisotopic (exact) mass is 296 g/mol. The number of oxazole rings is 1. The average molecular weight is 297 g/mol. The number of hydrogen-bond acceptors (Lipinski definition) is 5. The Kier molecular flexibility index (Phi) is 5.40. The lowest BCUT2D eigenvalue weighted by molar-refractivity contribution is 0.105. The van der Waals surface area contributed by atoms with Gasteiger partial charge >= 0.3 is 0 Å². The molecule has 0 amide bonds. The molecular formula is C14H17ClN2O3. The summed E-state index contributed by atoms with van der Waals surface area (Å²) >= 11 is 5.95. The molecule has 1 aromatic heterocycles. The number of para-hydroxylation sites is 1. The molecule has 0 saturated carbocycles. The number of nitrogens with zero attached hydrogens (tertiary/aromatic N) is 1. The summed E-state index contributed by atoms with van der Waals surface area (Å²) in [5.74, 6) is 1.93. The molecule has 2 aromatic rings. The molecule has 0 aliphatic heterocycles. The molecule has 0 aliphatic rings. The Morgan fingerprint density at radius 1 is 1.45 bits per heavy atom. The second-order valence-electron chi connectivity index (χ2n) is 4.39. The van der Waals surface area contributed by atoms with E-state index in [1.807, 2.05) is 19.1 Å². The van der Waals surface area contributed by atoms with Gasteiger partial charge in [-0.2, -0.15) is 0 Å². The number of rotatable bonds is 7. The van der Waals surface area contributed by atoms with Crippen LogP contribution in [0.15, 0.2) is 34.9 Å². The van der Waals surface area contributed by atoms with Gasteiger partial charge in [-0.1, -0.05) is 23.7 Å². The minimum Gasteiger partial charge on any atom is -0.489 e. The number of ether oxygens (including phenoxy) is 1. The van der Waals surface area contributed by atoms with Crippen LogP contribution in [-0.2, 0) is 6.54 Å². The topological polar surface area (TPSA) is 67.5 Å². The quantitative estimate of drug-likeness (QED) is 0.819. The third-order valence-electron chi connectivity index (χ3n) is 2.59. The van der Waals surface area contributed by atoms with Crippen LogP contribution in [0.1, 0.15) is 11.7 Å². The van der Waals surface area contributed by atoms with Gasteiger partial charge in [-0.15, -0.1) is 0 Å². The van der Waals surface area contributed by atoms with Gasteiger partial charge < -0.3 is 19.6 Å². The summed E-state index contributed by atoms with van der Waals surface area (Å²) in [6.45, 7) is 2.85. The van der Waals surface area contributed by atoms with E-state index in [1.165, 1.54) is 0 Å². The lowest BCUT2D eigenvalue weighted by Crippen LogP contribution is -2.31. The Balaban J connectivity index is 1.68. The van der Waals surface area contributed by atoms with Gasteiger partial charge in [0.2, 0.25) is 5.89 Å². The Labute approximate surface area is 122 Å². The Morgan fingerprint density at radius 2 is 2.25 bits per heavy atom. The molecule has 0 radical (unpaired) electrons. The molecule has 1 unspecified atom stereocenters. The van der Waals surface area contributed by atoms with Crippen LogP contribution in [0.4, 0.5) is 0 Å². The van der Waals surface area contributed by atoms with E-state index in [2.05, 4.69) is 10.3 Å². The molecule has 2 rings (SSSR count). The molecule has 108 valence electrons. The first-order valence-corrected chi connectivity index (χ1v) is 6.70. The molecule has 6 heteroatoms. The van der Waals surface area contributed by atoms with Crippen molar-refractivity contribution >= 4 is 11.6 Å². The lowest BCUT2D eigenvalue weighted by atomic mass is 10.3. The highest BCUT2D eigenvalue weighted by Crippen LogP contribution is 2.22. The zero-order valence-corrected chi connectivity index (χ0v) is 11.9. The fourth-order valence-corrected chi connectivity index (χ4v) is 1.83. The minimum absolute atomic E-state index is 0.168. The summed E-state index contributed by atoms with van der Waals surface area (Å²) in [5, 5.41) is 13.4. The van der Waals surface area contributed by atoms with Crippen molar-refractivity contribution < 1.29 is 14.3 Å². The van der Waals surface area contributed by atoms with Crippen molar-refractivity contribution in [3.05, 3.63) is 47.1 Å². The average Bonchev–Trinajstić information content (AvgIpc) is 2.83. The zero-order chi connectivity index (χ0) is 14.4. The summed E-state index contributed by atoms with van der Waals surface area (Å²) in [4.78, 5) is 4.06. The number of aliphatic hydroxyl groups excluding tert-OH is 1. The van der Waals surface area contributed by atoms with Crippen molar-refractivity contribution in [2.24, 2.45) is 0 Å². The summed E-state index contributed by atoms with van der Waals surface area (Å²) < 4.78 is 10.8. The number of halogens is 1. The molecule has 0 bridgehead atoms. The fourth-order valence-electron chi connectivity index (χ4n) is 1.64. The largest absolute Gasteiger partial charge is 0.489 e. The van der Waals surface area contributed by atoms with Crippen LogP contribution in [-0.4, -0.2) is 29.3 Å². The number of benzene rings is 1. The number of aryl methyl sites for hydroxylation is 1. The highest BCUT2D eigenvalue weighted by Gasteiger charge is 2.08. The minimum atomic E-state index is -0.637. The summed E-state index contributed by atoms with van der Waals surface area (Å²) in [5.41, 5.74) is 0. The molecule has 1 atom stereocenters. The molecule has 1 heterocycles. The van der Waals surface area contributed by atoms with Crippen molar-refractivity contribution in [2.45, 2.75) is 19.6 Å². The van der Waals surface area contributed by atoms with E-state index in [0.717, 1.165) is 5.76 Å². The van der Waals surface area contributed by atoms with E-state index in [1.54, 1.807) is 18.3 Å². The molecule has 5 nitrogen and oxygen atoms in total. The first-order chi connectivity index (χ1) is 9.65. The predicted octanol–water partition coefficient (Wildman–Crippen LogP) is 2.17. The van der Waals surface area contributed by atoms with E-state index >= 15 is 0 Å². The first kappa shape index (κ1) is 14.8. The van der Waals surface area contributed by atoms with Gasteiger partial charge in [0.05, 0.1) is 17.8 Å². The molecule has 20 heavy (non-hydrogen) atoms. The molecule has 0 saturated heterocycles. The van der Waals surface area contributed by atoms with Crippen molar-refractivity contribution in [3.63, 3.8) is 0 Å². The van der Waals surface area contributed by atoms with Gasteiger partial charge in [0, 0.05) is 6.54 Å². The normalized spacial score (nSPS) is 12.3. The zero-order valence-electron chi connectivity index (χ0n) is 11.2. The van der Waals surface area contributed by atoms with E-state index < -0.39 is 6.10 Å². The van der Waals surface area contributed by atoms with E-state index in [-0.39, 0.29) is 6.61 Å². The van der Waals surface area contributed by atoms with E-state index in [0.29, 0.717) is 29.8 Å². The molecule has 0 spiro atoms. The maximum absolute atomic E-state index is 9.80. The highest BCUT2D eigenvalue weighted by molar-refractivity contribution is 6.32. The number of aliphatic hydroxyl groups is 1. The number of nitrogens with one attached hydrogen (secondary N) is 1. The number of hydrogen-bond donors (Lipinski definition) is 2. The van der Waals surface area contributed by atoms with Gasteiger partial charge in [-0.3, -0.25) is 0 Å². The first-order valence-electron chi connectivity index (χ1n) is 6.32. The van der Waals surface area contributed by atoms with Crippen molar-refractivity contribution in [3.8, 4) is 5.75 Å². The Hall–Kier alpha value is -1.56. The van der Waals surface area contributed by atoms with Crippen LogP contribution in [0, 0.1) is 6.92 Å². The highest BCUT2D eigenvalue weighted by atomic mass is 35.5. The molecule has 2 N–H and O–H groups in total. The van der Waals surface area contributed by atoms with Crippen LogP contribution in [0.2, 0.25) is 5.02 Å². The van der Waals surface area contributed by atoms with Crippen LogP contribution in [0.3, 0.4) is 0 Å². The molecule has 0 fully saturated rings. The van der Waals surface area contributed by atoms with Crippen LogP contribution < -0.4 is 10.1 Å². The predicted molar refractivity (Wildman–Crippen MR) is 75.9 cm³/mol. The Morgan fingerprint density at radius 3 is 2.95 bits per heavy atom. The second-order valence-corrected chi connectivity index (χ2v) is 4.80. The van der Waals surface area contributed by atoms with Gasteiger partial charge in [-0.05, 0) is 19.1 Å². The molecule has 1 aromatic carbocycles. The fraction of sp³-hybridized carbons (Fsp3) is 0.357. The van der Waals surface area contributed by atoms with Crippen LogP contribution >= 0.6 is 11.6 Å². The van der Waals surface area contributed by atoms with Crippen LogP contribution in [0.25, 0.3) is 0 Å². The standard InChI is InChI=1S/C14H17ClN2O3/c1-10-6-17-14(20-10)8-16-7-11(18)9-19-13-5-3-2-4-12(13)15/h2-6,11,16,18H,7-9H2,1H3. The summed E-state index contributed by atoms with van der Waals surface area (Å²) in [6, 6.07) is 7.16. The van der Waals surface area contributed by atoms with Gasteiger partial charge in [0.1, 0.15) is 24.2 Å². The number of aromatic nitrogens is 1. The van der Waals surface area contributed by atoms with Crippen molar-refractivity contribution in [2.75, 3.05) is 13.2 Å². The van der Waals surface area contributed by atoms with Gasteiger partial charge in [0.15, 0.2) is 0 Å². The molecular weight excluding hydrogens is 280 g/mol. The van der Waals surface area contributed by atoms with E-state index in [9.17, 15) is 5.11 Å².